The zero-order chi connectivity index (χ0) is 22.2. The molecule has 31 heavy (non-hydrogen) atoms. The Morgan fingerprint density at radius 2 is 1.45 bits per heavy atom. The number of amides is 2. The number of halogens is 1. The molecule has 0 saturated heterocycles. The number of carbonyl (C=O) groups excluding carboxylic acids is 3. The van der Waals surface area contributed by atoms with Gasteiger partial charge in [0.05, 0.1) is 22.0 Å². The summed E-state index contributed by atoms with van der Waals surface area (Å²) < 4.78 is 5.32. The number of benzene rings is 3. The Kier molecular flexibility index (Phi) is 7.13. The van der Waals surface area contributed by atoms with Gasteiger partial charge in [0.15, 0.2) is 0 Å². The molecule has 2 amide bonds. The van der Waals surface area contributed by atoms with Crippen LogP contribution < -0.4 is 15.5 Å². The quantitative estimate of drug-likeness (QED) is 0.208. The summed E-state index contributed by atoms with van der Waals surface area (Å²) in [6.45, 7) is 1.66. The molecule has 0 fully saturated rings. The maximum Gasteiger partial charge on any atom is 0.343 e. The monoisotopic (exact) mass is 435 g/mol. The number of para-hydroxylation sites is 1. The van der Waals surface area contributed by atoms with E-state index >= 15 is 0 Å². The minimum absolute atomic E-state index is 0.316. The molecular formula is C23H18ClN3O4. The third-order valence-electron chi connectivity index (χ3n) is 4.15. The lowest BCUT2D eigenvalue weighted by Crippen LogP contribution is -2.33. The molecule has 0 aliphatic heterocycles. The molecule has 3 aromatic carbocycles. The average molecular weight is 436 g/mol. The second kappa shape index (κ2) is 10.2. The minimum atomic E-state index is -0.937. The Morgan fingerprint density at radius 3 is 2.13 bits per heavy atom. The largest absolute Gasteiger partial charge is 0.423 e. The Balaban J connectivity index is 1.57. The number of esters is 1. The molecule has 0 aliphatic carbocycles. The van der Waals surface area contributed by atoms with Gasteiger partial charge in [0.25, 0.3) is 0 Å². The van der Waals surface area contributed by atoms with Crippen LogP contribution in [0, 0.1) is 0 Å². The second-order valence-corrected chi connectivity index (χ2v) is 6.76. The van der Waals surface area contributed by atoms with Crippen LogP contribution in [0.3, 0.4) is 0 Å². The van der Waals surface area contributed by atoms with E-state index in [1.807, 2.05) is 6.07 Å². The van der Waals surface area contributed by atoms with E-state index in [1.54, 1.807) is 79.7 Å². The molecule has 2 N–H and O–H groups in total. The van der Waals surface area contributed by atoms with Gasteiger partial charge in [0, 0.05) is 0 Å². The van der Waals surface area contributed by atoms with Crippen LogP contribution in [0.1, 0.15) is 22.8 Å². The fourth-order valence-electron chi connectivity index (χ4n) is 2.50. The lowest BCUT2D eigenvalue weighted by molar-refractivity contribution is -0.136. The predicted molar refractivity (Wildman–Crippen MR) is 118 cm³/mol. The molecule has 3 rings (SSSR count). The van der Waals surface area contributed by atoms with Crippen LogP contribution >= 0.6 is 11.6 Å². The van der Waals surface area contributed by atoms with E-state index < -0.39 is 17.8 Å². The highest BCUT2D eigenvalue weighted by atomic mass is 35.5. The van der Waals surface area contributed by atoms with Gasteiger partial charge in [-0.25, -0.2) is 10.2 Å². The van der Waals surface area contributed by atoms with E-state index in [-0.39, 0.29) is 0 Å². The van der Waals surface area contributed by atoms with Gasteiger partial charge in [-0.1, -0.05) is 41.9 Å². The minimum Gasteiger partial charge on any atom is -0.423 e. The molecule has 7 nitrogen and oxygen atoms in total. The van der Waals surface area contributed by atoms with Gasteiger partial charge >= 0.3 is 17.8 Å². The first-order valence-corrected chi connectivity index (χ1v) is 9.59. The highest BCUT2D eigenvalue weighted by molar-refractivity contribution is 6.41. The first-order chi connectivity index (χ1) is 14.9. The number of hydrogen-bond donors (Lipinski definition) is 2. The van der Waals surface area contributed by atoms with Gasteiger partial charge in [-0.3, -0.25) is 9.59 Å². The molecule has 0 aromatic heterocycles. The zero-order valence-electron chi connectivity index (χ0n) is 16.5. The molecule has 0 spiro atoms. The van der Waals surface area contributed by atoms with Crippen LogP contribution in [0.25, 0.3) is 0 Å². The molecule has 0 bridgehead atoms. The van der Waals surface area contributed by atoms with Crippen molar-refractivity contribution in [2.45, 2.75) is 6.92 Å². The second-order valence-electron chi connectivity index (χ2n) is 6.35. The maximum atomic E-state index is 12.1. The lowest BCUT2D eigenvalue weighted by Gasteiger charge is -2.07. The van der Waals surface area contributed by atoms with Crippen molar-refractivity contribution in [1.29, 1.82) is 0 Å². The summed E-state index contributed by atoms with van der Waals surface area (Å²) in [7, 11) is 0. The van der Waals surface area contributed by atoms with Gasteiger partial charge in [-0.05, 0) is 61.0 Å². The number of hydrazone groups is 1. The van der Waals surface area contributed by atoms with Crippen molar-refractivity contribution in [1.82, 2.24) is 5.43 Å². The van der Waals surface area contributed by atoms with E-state index in [0.29, 0.717) is 33.3 Å². The Morgan fingerprint density at radius 1 is 0.806 bits per heavy atom. The highest BCUT2D eigenvalue weighted by Crippen LogP contribution is 2.20. The van der Waals surface area contributed by atoms with E-state index in [4.69, 9.17) is 16.3 Å². The van der Waals surface area contributed by atoms with Crippen molar-refractivity contribution in [3.63, 3.8) is 0 Å². The van der Waals surface area contributed by atoms with E-state index in [2.05, 4.69) is 15.8 Å². The number of hydrogen-bond acceptors (Lipinski definition) is 5. The van der Waals surface area contributed by atoms with E-state index in [1.165, 1.54) is 0 Å². The van der Waals surface area contributed by atoms with Gasteiger partial charge < -0.3 is 10.1 Å². The van der Waals surface area contributed by atoms with Gasteiger partial charge in [0.1, 0.15) is 5.75 Å². The number of anilines is 1. The smallest absolute Gasteiger partial charge is 0.343 e. The molecule has 156 valence electrons. The van der Waals surface area contributed by atoms with Crippen molar-refractivity contribution >= 4 is 40.8 Å². The number of carbonyl (C=O) groups is 3. The SMILES string of the molecule is C/C(=N\NC(=O)C(=O)Nc1ccccc1Cl)c1ccc(OC(=O)c2ccccc2)cc1. The van der Waals surface area contributed by atoms with Gasteiger partial charge in [-0.2, -0.15) is 5.10 Å². The maximum absolute atomic E-state index is 12.1. The molecule has 8 heteroatoms. The zero-order valence-corrected chi connectivity index (χ0v) is 17.2. The Hall–Kier alpha value is -3.97. The molecule has 0 unspecified atom stereocenters. The first-order valence-electron chi connectivity index (χ1n) is 9.22. The molecule has 0 atom stereocenters. The van der Waals surface area contributed by atoms with Crippen molar-refractivity contribution < 1.29 is 19.1 Å². The fourth-order valence-corrected chi connectivity index (χ4v) is 2.68. The summed E-state index contributed by atoms with van der Waals surface area (Å²) in [6, 6.07) is 21.8. The summed E-state index contributed by atoms with van der Waals surface area (Å²) in [5.41, 5.74) is 4.10. The summed E-state index contributed by atoms with van der Waals surface area (Å²) in [6.07, 6.45) is 0. The third kappa shape index (κ3) is 6.01. The highest BCUT2D eigenvalue weighted by Gasteiger charge is 2.14. The van der Waals surface area contributed by atoms with Crippen molar-refractivity contribution in [3.8, 4) is 5.75 Å². The summed E-state index contributed by atoms with van der Waals surface area (Å²) in [5, 5.41) is 6.66. The molecule has 0 aliphatic rings. The Bertz CT molecular complexity index is 1130. The molecule has 0 heterocycles. The van der Waals surface area contributed by atoms with Crippen molar-refractivity contribution in [3.05, 3.63) is 95.0 Å². The first kappa shape index (κ1) is 21.7. The molecule has 0 saturated carbocycles. The standard InChI is InChI=1S/C23H18ClN3O4/c1-15(26-27-22(29)21(28)25-20-10-6-5-9-19(20)24)16-11-13-18(14-12-16)31-23(30)17-7-3-2-4-8-17/h2-14H,1H3,(H,25,28)(H,27,29)/b26-15+. The van der Waals surface area contributed by atoms with E-state index in [9.17, 15) is 14.4 Å². The van der Waals surface area contributed by atoms with Gasteiger partial charge in [0.2, 0.25) is 0 Å². The summed E-state index contributed by atoms with van der Waals surface area (Å²) in [5.74, 6) is -1.93. The van der Waals surface area contributed by atoms with Crippen LogP contribution in [-0.2, 0) is 9.59 Å². The topological polar surface area (TPSA) is 96.9 Å². The lowest BCUT2D eigenvalue weighted by atomic mass is 10.1. The van der Waals surface area contributed by atoms with Crippen molar-refractivity contribution in [2.75, 3.05) is 5.32 Å². The molecule has 0 radical (unpaired) electrons. The predicted octanol–water partition coefficient (Wildman–Crippen LogP) is 4.04. The fraction of sp³-hybridized carbons (Fsp3) is 0.0435. The van der Waals surface area contributed by atoms with Crippen LogP contribution in [0.15, 0.2) is 84.0 Å². The summed E-state index contributed by atoms with van der Waals surface area (Å²) >= 11 is 5.95. The van der Waals surface area contributed by atoms with Gasteiger partial charge in [-0.15, -0.1) is 0 Å². The van der Waals surface area contributed by atoms with Crippen LogP contribution in [0.4, 0.5) is 5.69 Å². The number of nitrogens with one attached hydrogen (secondary N) is 2. The van der Waals surface area contributed by atoms with E-state index in [0.717, 1.165) is 0 Å². The number of ether oxygens (including phenoxy) is 1. The number of rotatable bonds is 5. The summed E-state index contributed by atoms with van der Waals surface area (Å²) in [4.78, 5) is 36.0. The molecular weight excluding hydrogens is 418 g/mol. The van der Waals surface area contributed by atoms with Crippen LogP contribution in [0.2, 0.25) is 5.02 Å². The molecule has 3 aromatic rings. The third-order valence-corrected chi connectivity index (χ3v) is 4.48. The Labute approximate surface area is 183 Å². The number of nitrogens with zero attached hydrogens (tertiary/aromatic N) is 1. The van der Waals surface area contributed by atoms with Crippen LogP contribution in [0.5, 0.6) is 5.75 Å². The normalized spacial score (nSPS) is 10.8. The van der Waals surface area contributed by atoms with Crippen LogP contribution in [-0.4, -0.2) is 23.5 Å². The van der Waals surface area contributed by atoms with Crippen molar-refractivity contribution in [2.24, 2.45) is 5.10 Å². The average Bonchev–Trinajstić information content (AvgIpc) is 2.79.